The summed E-state index contributed by atoms with van der Waals surface area (Å²) in [4.78, 5) is 1.34. The number of hydrogen-bond donors (Lipinski definition) is 0. The predicted molar refractivity (Wildman–Crippen MR) is 55.6 cm³/mol. The molecule has 0 unspecified atom stereocenters. The average molecular weight is 198 g/mol. The van der Waals surface area contributed by atoms with Gasteiger partial charge in [0.15, 0.2) is 0 Å². The van der Waals surface area contributed by atoms with Crippen molar-refractivity contribution in [1.82, 2.24) is 0 Å². The fourth-order valence-electron chi connectivity index (χ4n) is 1.16. The molecular weight excluding hydrogens is 187 g/mol. The van der Waals surface area contributed by atoms with E-state index >= 15 is 0 Å². The molecule has 0 saturated heterocycles. The second-order valence-electron chi connectivity index (χ2n) is 2.84. The van der Waals surface area contributed by atoms with E-state index in [1.165, 1.54) is 16.0 Å². The van der Waals surface area contributed by atoms with Crippen LogP contribution < -0.4 is 29.6 Å². The van der Waals surface area contributed by atoms with Gasteiger partial charge in [-0.05, 0) is 23.9 Å². The maximum absolute atomic E-state index is 2.17. The molecule has 0 radical (unpaired) electrons. The van der Waals surface area contributed by atoms with E-state index in [-0.39, 0.29) is 31.0 Å². The predicted octanol–water partition coefficient (Wildman–Crippen LogP) is 0.840. The topological polar surface area (TPSA) is 0 Å². The Bertz CT molecular complexity index is 353. The molecule has 0 amide bonds. The maximum Gasteiger partial charge on any atom is 1.00 e. The van der Waals surface area contributed by atoms with Crippen LogP contribution in [-0.4, -0.2) is 0 Å². The molecule has 0 aliphatic carbocycles. The largest absolute Gasteiger partial charge is 1.00 e. The van der Waals surface area contributed by atoms with E-state index < -0.39 is 0 Å². The minimum atomic E-state index is 0. The van der Waals surface area contributed by atoms with Crippen molar-refractivity contribution in [1.29, 1.82) is 0 Å². The van der Waals surface area contributed by atoms with Crippen LogP contribution in [-0.2, 0) is 0 Å². The molecule has 2 rings (SSSR count). The number of rotatable bonds is 1. The molecule has 0 atom stereocenters. The van der Waals surface area contributed by atoms with Crippen LogP contribution in [0.25, 0.3) is 10.4 Å². The van der Waals surface area contributed by atoms with Crippen LogP contribution in [0.5, 0.6) is 0 Å². The van der Waals surface area contributed by atoms with E-state index in [1.54, 1.807) is 11.3 Å². The van der Waals surface area contributed by atoms with Crippen molar-refractivity contribution in [3.8, 4) is 10.4 Å². The average Bonchev–Trinajstić information content (AvgIpc) is 2.58. The molecule has 0 fully saturated rings. The second kappa shape index (κ2) is 4.97. The number of thiophene rings is 1. The van der Waals surface area contributed by atoms with Crippen molar-refractivity contribution in [2.45, 2.75) is 6.92 Å². The molecule has 62 valence electrons. The van der Waals surface area contributed by atoms with Crippen molar-refractivity contribution in [3.63, 3.8) is 0 Å². The van der Waals surface area contributed by atoms with Crippen LogP contribution in [0.3, 0.4) is 0 Å². The van der Waals surface area contributed by atoms with E-state index in [0.29, 0.717) is 0 Å². The smallest absolute Gasteiger partial charge is 1.00 e. The standard InChI is InChI=1S/C11H10S.Na.H/c1-9-4-6-10(7-5-9)11-3-2-8-12-11;;/h2-8H,1H3;;/q;+1;-1. The molecular formula is C11H11NaS. The Morgan fingerprint density at radius 3 is 2.31 bits per heavy atom. The Morgan fingerprint density at radius 2 is 1.77 bits per heavy atom. The second-order valence-corrected chi connectivity index (χ2v) is 3.79. The Kier molecular flexibility index (Phi) is 4.20. The summed E-state index contributed by atoms with van der Waals surface area (Å²) in [5.41, 5.74) is 2.63. The van der Waals surface area contributed by atoms with Crippen molar-refractivity contribution >= 4 is 11.3 Å². The van der Waals surface area contributed by atoms with E-state index in [0.717, 1.165) is 0 Å². The zero-order valence-electron chi connectivity index (χ0n) is 8.95. The molecule has 0 N–H and O–H groups in total. The zero-order valence-corrected chi connectivity index (χ0v) is 10.8. The summed E-state index contributed by atoms with van der Waals surface area (Å²) in [7, 11) is 0. The third-order valence-corrected chi connectivity index (χ3v) is 2.78. The van der Waals surface area contributed by atoms with Crippen molar-refractivity contribution in [3.05, 3.63) is 47.3 Å². The molecule has 1 aromatic carbocycles. The summed E-state index contributed by atoms with van der Waals surface area (Å²) >= 11 is 1.78. The van der Waals surface area contributed by atoms with Gasteiger partial charge in [-0.3, -0.25) is 0 Å². The van der Waals surface area contributed by atoms with Crippen LogP contribution >= 0.6 is 11.3 Å². The van der Waals surface area contributed by atoms with Crippen LogP contribution in [0.15, 0.2) is 41.8 Å². The van der Waals surface area contributed by atoms with Gasteiger partial charge in [-0.25, -0.2) is 0 Å². The maximum atomic E-state index is 2.17. The van der Waals surface area contributed by atoms with E-state index in [2.05, 4.69) is 48.7 Å². The summed E-state index contributed by atoms with van der Waals surface area (Å²) in [6, 6.07) is 12.9. The minimum Gasteiger partial charge on any atom is -1.00 e. The van der Waals surface area contributed by atoms with Crippen LogP contribution in [0.4, 0.5) is 0 Å². The van der Waals surface area contributed by atoms with Gasteiger partial charge in [0.25, 0.3) is 0 Å². The number of aryl methyl sites for hydroxylation is 1. The fourth-order valence-corrected chi connectivity index (χ4v) is 1.89. The van der Waals surface area contributed by atoms with Crippen molar-refractivity contribution in [2.24, 2.45) is 0 Å². The number of benzene rings is 1. The Hall–Kier alpha value is -0.0800. The van der Waals surface area contributed by atoms with Gasteiger partial charge in [0.05, 0.1) is 0 Å². The molecule has 13 heavy (non-hydrogen) atoms. The van der Waals surface area contributed by atoms with Crippen LogP contribution in [0, 0.1) is 6.92 Å². The van der Waals surface area contributed by atoms with Gasteiger partial charge in [-0.1, -0.05) is 35.9 Å². The molecule has 0 nitrogen and oxygen atoms in total. The molecule has 0 spiro atoms. The van der Waals surface area contributed by atoms with E-state index in [4.69, 9.17) is 0 Å². The van der Waals surface area contributed by atoms with Gasteiger partial charge < -0.3 is 1.43 Å². The van der Waals surface area contributed by atoms with Gasteiger partial charge in [0, 0.05) is 4.88 Å². The molecule has 2 heteroatoms. The monoisotopic (exact) mass is 198 g/mol. The first kappa shape index (κ1) is 11.0. The molecule has 0 aliphatic rings. The Balaban J connectivity index is 0.000000845. The molecule has 0 aliphatic heterocycles. The van der Waals surface area contributed by atoms with Crippen LogP contribution in [0.1, 0.15) is 6.99 Å². The van der Waals surface area contributed by atoms with E-state index in [9.17, 15) is 0 Å². The zero-order chi connectivity index (χ0) is 8.39. The minimum absolute atomic E-state index is 0. The van der Waals surface area contributed by atoms with Gasteiger partial charge in [-0.15, -0.1) is 11.3 Å². The first-order valence-electron chi connectivity index (χ1n) is 3.97. The Morgan fingerprint density at radius 1 is 1.08 bits per heavy atom. The molecule has 0 saturated carbocycles. The van der Waals surface area contributed by atoms with Crippen molar-refractivity contribution < 1.29 is 31.0 Å². The third kappa shape index (κ3) is 2.68. The van der Waals surface area contributed by atoms with Gasteiger partial charge in [0.2, 0.25) is 0 Å². The first-order valence-corrected chi connectivity index (χ1v) is 4.85. The van der Waals surface area contributed by atoms with Gasteiger partial charge >= 0.3 is 29.6 Å². The summed E-state index contributed by atoms with van der Waals surface area (Å²) in [5, 5.41) is 2.11. The summed E-state index contributed by atoms with van der Waals surface area (Å²) in [6.07, 6.45) is 0. The quantitative estimate of drug-likeness (QED) is 0.596. The fraction of sp³-hybridized carbons (Fsp3) is 0.0909. The molecule has 0 bridgehead atoms. The molecule has 1 heterocycles. The van der Waals surface area contributed by atoms with Crippen LogP contribution in [0.2, 0.25) is 0 Å². The number of hydrogen-bond acceptors (Lipinski definition) is 1. The SMILES string of the molecule is Cc1ccc(-c2cccs2)cc1.[H-].[Na+]. The molecule has 2 aromatic rings. The summed E-state index contributed by atoms with van der Waals surface area (Å²) < 4.78 is 0. The summed E-state index contributed by atoms with van der Waals surface area (Å²) in [6.45, 7) is 2.11. The van der Waals surface area contributed by atoms with Crippen molar-refractivity contribution in [2.75, 3.05) is 0 Å². The Labute approximate surface area is 106 Å². The molecule has 1 aromatic heterocycles. The van der Waals surface area contributed by atoms with Gasteiger partial charge in [0.1, 0.15) is 0 Å². The third-order valence-electron chi connectivity index (χ3n) is 1.86. The van der Waals surface area contributed by atoms with Gasteiger partial charge in [-0.2, -0.15) is 0 Å². The normalized spacial score (nSPS) is 9.31. The summed E-state index contributed by atoms with van der Waals surface area (Å²) in [5.74, 6) is 0. The van der Waals surface area contributed by atoms with E-state index in [1.807, 2.05) is 0 Å². The first-order chi connectivity index (χ1) is 5.86.